The van der Waals surface area contributed by atoms with Crippen molar-refractivity contribution in [3.8, 4) is 11.3 Å². The molecular formula is C19H17NO3. The molecule has 0 saturated heterocycles. The van der Waals surface area contributed by atoms with Gasteiger partial charge in [-0.15, -0.1) is 0 Å². The molecule has 0 saturated carbocycles. The average Bonchev–Trinajstić information content (AvgIpc) is 3.14. The molecule has 1 amide bonds. The minimum Gasteiger partial charge on any atom is -0.464 e. The van der Waals surface area contributed by atoms with E-state index in [1.807, 2.05) is 66.7 Å². The number of nitrogens with one attached hydrogen (secondary N) is 1. The maximum atomic E-state index is 11.7. The maximum absolute atomic E-state index is 11.7. The van der Waals surface area contributed by atoms with E-state index in [1.165, 1.54) is 0 Å². The highest BCUT2D eigenvalue weighted by molar-refractivity contribution is 5.67. The summed E-state index contributed by atoms with van der Waals surface area (Å²) in [5.74, 6) is 0.826. The van der Waals surface area contributed by atoms with Crippen LogP contribution in [0.25, 0.3) is 11.3 Å². The van der Waals surface area contributed by atoms with Gasteiger partial charge in [-0.05, 0) is 23.3 Å². The number of furan rings is 1. The van der Waals surface area contributed by atoms with E-state index in [0.29, 0.717) is 6.54 Å². The van der Waals surface area contributed by atoms with Crippen LogP contribution in [0.4, 0.5) is 4.79 Å². The number of carbonyl (C=O) groups excluding carboxylic acids is 1. The Morgan fingerprint density at radius 2 is 1.70 bits per heavy atom. The average molecular weight is 307 g/mol. The lowest BCUT2D eigenvalue weighted by atomic mass is 10.1. The molecule has 0 aliphatic heterocycles. The van der Waals surface area contributed by atoms with Crippen molar-refractivity contribution < 1.29 is 13.9 Å². The number of amides is 1. The lowest BCUT2D eigenvalue weighted by molar-refractivity contribution is 0.139. The monoisotopic (exact) mass is 307 g/mol. The van der Waals surface area contributed by atoms with E-state index in [1.54, 1.807) is 6.26 Å². The first-order valence-electron chi connectivity index (χ1n) is 7.38. The summed E-state index contributed by atoms with van der Waals surface area (Å²) in [6, 6.07) is 21.2. The zero-order valence-corrected chi connectivity index (χ0v) is 12.6. The molecular weight excluding hydrogens is 290 g/mol. The van der Waals surface area contributed by atoms with Crippen molar-refractivity contribution in [1.82, 2.24) is 5.32 Å². The van der Waals surface area contributed by atoms with E-state index in [0.717, 1.165) is 22.5 Å². The Morgan fingerprint density at radius 3 is 2.39 bits per heavy atom. The zero-order chi connectivity index (χ0) is 15.9. The van der Waals surface area contributed by atoms with Crippen LogP contribution >= 0.6 is 0 Å². The molecule has 0 aliphatic carbocycles. The smallest absolute Gasteiger partial charge is 0.407 e. The first-order chi connectivity index (χ1) is 11.3. The molecule has 1 aromatic heterocycles. The normalized spacial score (nSPS) is 10.3. The van der Waals surface area contributed by atoms with E-state index < -0.39 is 6.09 Å². The minimum atomic E-state index is -0.427. The number of carbonyl (C=O) groups is 1. The second-order valence-electron chi connectivity index (χ2n) is 5.09. The quantitative estimate of drug-likeness (QED) is 0.761. The summed E-state index contributed by atoms with van der Waals surface area (Å²) in [6.45, 7) is 0.691. The molecule has 23 heavy (non-hydrogen) atoms. The number of rotatable bonds is 5. The molecule has 0 bridgehead atoms. The molecule has 4 nitrogen and oxygen atoms in total. The predicted octanol–water partition coefficient (Wildman–Crippen LogP) is 4.37. The Morgan fingerprint density at radius 1 is 0.913 bits per heavy atom. The van der Waals surface area contributed by atoms with Crippen molar-refractivity contribution in [3.63, 3.8) is 0 Å². The molecule has 0 aliphatic rings. The fourth-order valence-electron chi connectivity index (χ4n) is 2.18. The Hall–Kier alpha value is -3.01. The molecule has 0 unspecified atom stereocenters. The second-order valence-corrected chi connectivity index (χ2v) is 5.09. The molecule has 0 atom stereocenters. The minimum absolute atomic E-state index is 0.268. The second kappa shape index (κ2) is 7.31. The van der Waals surface area contributed by atoms with Gasteiger partial charge in [0, 0.05) is 12.1 Å². The maximum Gasteiger partial charge on any atom is 0.407 e. The van der Waals surface area contributed by atoms with Crippen LogP contribution < -0.4 is 5.32 Å². The van der Waals surface area contributed by atoms with Crippen LogP contribution in [-0.2, 0) is 17.9 Å². The number of hydrogen-bond acceptors (Lipinski definition) is 3. The van der Waals surface area contributed by atoms with Crippen LogP contribution in [0.3, 0.4) is 0 Å². The van der Waals surface area contributed by atoms with Gasteiger partial charge in [-0.2, -0.15) is 0 Å². The molecule has 1 heterocycles. The third kappa shape index (κ3) is 4.23. The number of ether oxygens (including phenoxy) is 1. The lowest BCUT2D eigenvalue weighted by Crippen LogP contribution is -2.23. The molecule has 2 aromatic carbocycles. The third-order valence-corrected chi connectivity index (χ3v) is 3.41. The summed E-state index contributed by atoms with van der Waals surface area (Å²) in [5.41, 5.74) is 2.97. The number of hydrogen-bond donors (Lipinski definition) is 1. The van der Waals surface area contributed by atoms with Crippen LogP contribution in [0.5, 0.6) is 0 Å². The first-order valence-corrected chi connectivity index (χ1v) is 7.38. The Kier molecular flexibility index (Phi) is 4.74. The van der Waals surface area contributed by atoms with Crippen molar-refractivity contribution in [2.75, 3.05) is 0 Å². The van der Waals surface area contributed by atoms with Crippen molar-refractivity contribution in [3.05, 3.63) is 84.1 Å². The summed E-state index contributed by atoms with van der Waals surface area (Å²) in [7, 11) is 0. The SMILES string of the molecule is O=C(NCc1ccc(-c2ccco2)cc1)OCc1ccccc1. The molecule has 0 spiro atoms. The highest BCUT2D eigenvalue weighted by Crippen LogP contribution is 2.19. The predicted molar refractivity (Wildman–Crippen MR) is 87.6 cm³/mol. The van der Waals surface area contributed by atoms with Gasteiger partial charge in [0.05, 0.1) is 6.26 Å². The van der Waals surface area contributed by atoms with Gasteiger partial charge in [0.25, 0.3) is 0 Å². The van der Waals surface area contributed by atoms with E-state index in [-0.39, 0.29) is 6.61 Å². The number of alkyl carbamates (subject to hydrolysis) is 1. The zero-order valence-electron chi connectivity index (χ0n) is 12.6. The van der Waals surface area contributed by atoms with E-state index >= 15 is 0 Å². The van der Waals surface area contributed by atoms with Crippen molar-refractivity contribution in [2.24, 2.45) is 0 Å². The summed E-state index contributed by atoms with van der Waals surface area (Å²) >= 11 is 0. The van der Waals surface area contributed by atoms with Crippen LogP contribution in [0, 0.1) is 0 Å². The van der Waals surface area contributed by atoms with Crippen LogP contribution in [-0.4, -0.2) is 6.09 Å². The lowest BCUT2D eigenvalue weighted by Gasteiger charge is -2.07. The van der Waals surface area contributed by atoms with Gasteiger partial charge >= 0.3 is 6.09 Å². The van der Waals surface area contributed by atoms with Crippen molar-refractivity contribution in [1.29, 1.82) is 0 Å². The van der Waals surface area contributed by atoms with Crippen molar-refractivity contribution in [2.45, 2.75) is 13.2 Å². The van der Waals surface area contributed by atoms with Gasteiger partial charge in [-0.3, -0.25) is 0 Å². The van der Waals surface area contributed by atoms with Gasteiger partial charge in [-0.1, -0.05) is 54.6 Å². The van der Waals surface area contributed by atoms with Gasteiger partial charge < -0.3 is 14.5 Å². The highest BCUT2D eigenvalue weighted by Gasteiger charge is 2.04. The topological polar surface area (TPSA) is 51.5 Å². The Bertz CT molecular complexity index is 734. The van der Waals surface area contributed by atoms with Gasteiger partial charge in [0.1, 0.15) is 12.4 Å². The number of benzene rings is 2. The van der Waals surface area contributed by atoms with Crippen molar-refractivity contribution >= 4 is 6.09 Å². The summed E-state index contributed by atoms with van der Waals surface area (Å²) in [6.07, 6.45) is 1.22. The van der Waals surface area contributed by atoms with Gasteiger partial charge in [-0.25, -0.2) is 4.79 Å². The highest BCUT2D eigenvalue weighted by atomic mass is 16.5. The first kappa shape index (κ1) is 14.9. The summed E-state index contributed by atoms with van der Waals surface area (Å²) < 4.78 is 10.5. The standard InChI is InChI=1S/C19H17NO3/c21-19(23-14-16-5-2-1-3-6-16)20-13-15-8-10-17(11-9-15)18-7-4-12-22-18/h1-12H,13-14H2,(H,20,21). The molecule has 3 rings (SSSR count). The van der Waals surface area contributed by atoms with Crippen LogP contribution in [0.2, 0.25) is 0 Å². The largest absolute Gasteiger partial charge is 0.464 e. The fourth-order valence-corrected chi connectivity index (χ4v) is 2.18. The van der Waals surface area contributed by atoms with Crippen LogP contribution in [0.1, 0.15) is 11.1 Å². The van der Waals surface area contributed by atoms with Crippen LogP contribution in [0.15, 0.2) is 77.4 Å². The summed E-state index contributed by atoms with van der Waals surface area (Å²) in [4.78, 5) is 11.7. The molecule has 1 N–H and O–H groups in total. The molecule has 0 fully saturated rings. The van der Waals surface area contributed by atoms with E-state index in [2.05, 4.69) is 5.32 Å². The Labute approximate surface area is 134 Å². The molecule has 116 valence electrons. The summed E-state index contributed by atoms with van der Waals surface area (Å²) in [5, 5.41) is 2.74. The third-order valence-electron chi connectivity index (χ3n) is 3.41. The Balaban J connectivity index is 1.47. The van der Waals surface area contributed by atoms with E-state index in [4.69, 9.17) is 9.15 Å². The molecule has 4 heteroatoms. The van der Waals surface area contributed by atoms with Gasteiger partial charge in [0.2, 0.25) is 0 Å². The van der Waals surface area contributed by atoms with Gasteiger partial charge in [0.15, 0.2) is 0 Å². The molecule has 0 radical (unpaired) electrons. The molecule has 3 aromatic rings. The fraction of sp³-hybridized carbons (Fsp3) is 0.105. The van der Waals surface area contributed by atoms with E-state index in [9.17, 15) is 4.79 Å².